The number of hydrogen-bond acceptors (Lipinski definition) is 1. The van der Waals surface area contributed by atoms with Crippen LogP contribution in [0.25, 0.3) is 0 Å². The average molecular weight is 238 g/mol. The van der Waals surface area contributed by atoms with Crippen molar-refractivity contribution in [2.75, 3.05) is 0 Å². The van der Waals surface area contributed by atoms with E-state index < -0.39 is 6.92 Å². The summed E-state index contributed by atoms with van der Waals surface area (Å²) in [6.45, 7) is 7.70. The molecular formula is C16H19BO. The molecule has 0 unspecified atom stereocenters. The van der Waals surface area contributed by atoms with Crippen molar-refractivity contribution >= 4 is 17.8 Å². The van der Waals surface area contributed by atoms with Crippen LogP contribution in [0.15, 0.2) is 36.4 Å². The van der Waals surface area contributed by atoms with Gasteiger partial charge in [0, 0.05) is 0 Å². The Morgan fingerprint density at radius 1 is 0.611 bits per heavy atom. The molecule has 1 nitrogen and oxygen atoms in total. The molecule has 0 saturated carbocycles. The van der Waals surface area contributed by atoms with Crippen molar-refractivity contribution in [1.82, 2.24) is 0 Å². The van der Waals surface area contributed by atoms with Crippen molar-refractivity contribution in [3.05, 3.63) is 58.7 Å². The van der Waals surface area contributed by atoms with Crippen LogP contribution in [-0.4, -0.2) is 11.9 Å². The van der Waals surface area contributed by atoms with Gasteiger partial charge in [-0.25, -0.2) is 0 Å². The molecule has 1 N–H and O–H groups in total. The molecule has 2 aromatic rings. The number of aryl methyl sites for hydroxylation is 4. The molecule has 0 fully saturated rings. The standard InChI is InChI=1S/C16H19BO/c1-11-5-12(2)8-15(7-11)17(18)16-9-13(3)6-14(4)10-16/h5-10,18H,1-4H3. The van der Waals surface area contributed by atoms with Gasteiger partial charge in [0.2, 0.25) is 0 Å². The van der Waals surface area contributed by atoms with Gasteiger partial charge in [-0.15, -0.1) is 0 Å². The molecule has 0 aromatic heterocycles. The highest BCUT2D eigenvalue weighted by Gasteiger charge is 2.17. The zero-order chi connectivity index (χ0) is 13.3. The third-order valence-electron chi connectivity index (χ3n) is 3.12. The number of hydrogen-bond donors (Lipinski definition) is 1. The highest BCUT2D eigenvalue weighted by molar-refractivity contribution is 6.79. The van der Waals surface area contributed by atoms with E-state index in [2.05, 4.69) is 64.1 Å². The zero-order valence-electron chi connectivity index (χ0n) is 11.5. The highest BCUT2D eigenvalue weighted by atomic mass is 16.2. The molecule has 0 heterocycles. The zero-order valence-corrected chi connectivity index (χ0v) is 11.5. The molecule has 2 aromatic carbocycles. The van der Waals surface area contributed by atoms with Crippen molar-refractivity contribution in [2.24, 2.45) is 0 Å². The monoisotopic (exact) mass is 238 g/mol. The largest absolute Gasteiger partial charge is 0.443 e. The molecule has 0 saturated heterocycles. The van der Waals surface area contributed by atoms with Gasteiger partial charge in [-0.2, -0.15) is 0 Å². The van der Waals surface area contributed by atoms with E-state index in [4.69, 9.17) is 0 Å². The first-order valence-corrected chi connectivity index (χ1v) is 6.30. The van der Waals surface area contributed by atoms with Gasteiger partial charge in [0.25, 0.3) is 0 Å². The van der Waals surface area contributed by atoms with E-state index in [9.17, 15) is 5.02 Å². The Morgan fingerprint density at radius 2 is 0.889 bits per heavy atom. The van der Waals surface area contributed by atoms with Crippen molar-refractivity contribution in [1.29, 1.82) is 0 Å². The minimum absolute atomic E-state index is 0.540. The molecule has 0 amide bonds. The van der Waals surface area contributed by atoms with Crippen LogP contribution in [-0.2, 0) is 0 Å². The van der Waals surface area contributed by atoms with Crippen LogP contribution in [0, 0.1) is 27.7 Å². The first kappa shape index (κ1) is 12.9. The average Bonchev–Trinajstić information content (AvgIpc) is 2.25. The lowest BCUT2D eigenvalue weighted by Crippen LogP contribution is -2.42. The molecule has 18 heavy (non-hydrogen) atoms. The second-order valence-corrected chi connectivity index (χ2v) is 5.24. The molecule has 0 radical (unpaired) electrons. The van der Waals surface area contributed by atoms with Crippen molar-refractivity contribution in [2.45, 2.75) is 27.7 Å². The lowest BCUT2D eigenvalue weighted by Gasteiger charge is -2.11. The summed E-state index contributed by atoms with van der Waals surface area (Å²) in [6.07, 6.45) is 0. The predicted octanol–water partition coefficient (Wildman–Crippen LogP) is 2.02. The molecule has 0 spiro atoms. The second-order valence-electron chi connectivity index (χ2n) is 5.24. The summed E-state index contributed by atoms with van der Waals surface area (Å²) in [7, 11) is 0. The van der Waals surface area contributed by atoms with Crippen molar-refractivity contribution in [3.63, 3.8) is 0 Å². The predicted molar refractivity (Wildman–Crippen MR) is 79.1 cm³/mol. The van der Waals surface area contributed by atoms with Gasteiger partial charge in [-0.05, 0) is 38.6 Å². The third-order valence-corrected chi connectivity index (χ3v) is 3.12. The van der Waals surface area contributed by atoms with E-state index in [-0.39, 0.29) is 0 Å². The normalized spacial score (nSPS) is 10.5. The minimum atomic E-state index is -0.540. The van der Waals surface area contributed by atoms with Crippen LogP contribution in [0.2, 0.25) is 0 Å². The van der Waals surface area contributed by atoms with E-state index in [0.29, 0.717) is 0 Å². The number of rotatable bonds is 2. The Bertz CT molecular complexity index is 483. The van der Waals surface area contributed by atoms with E-state index in [0.717, 1.165) is 10.9 Å². The van der Waals surface area contributed by atoms with Gasteiger partial charge < -0.3 is 5.02 Å². The molecular weight excluding hydrogens is 219 g/mol. The molecule has 0 aliphatic heterocycles. The van der Waals surface area contributed by atoms with Crippen molar-refractivity contribution < 1.29 is 5.02 Å². The first-order chi connectivity index (χ1) is 8.45. The van der Waals surface area contributed by atoms with Crippen molar-refractivity contribution in [3.8, 4) is 0 Å². The maximum Gasteiger partial charge on any atom is 0.358 e. The SMILES string of the molecule is Cc1cc(C)cc(B(O)c2cc(C)cc(C)c2)c1. The summed E-state index contributed by atoms with van der Waals surface area (Å²) in [5.74, 6) is 0. The Balaban J connectivity index is 2.43. The summed E-state index contributed by atoms with van der Waals surface area (Å²) in [5, 5.41) is 10.5. The van der Waals surface area contributed by atoms with Gasteiger partial charge in [-0.3, -0.25) is 0 Å². The first-order valence-electron chi connectivity index (χ1n) is 6.30. The third kappa shape index (κ3) is 2.83. The lowest BCUT2D eigenvalue weighted by atomic mass is 9.55. The van der Waals surface area contributed by atoms with Crippen LogP contribution >= 0.6 is 0 Å². The van der Waals surface area contributed by atoms with Crippen LogP contribution in [0.1, 0.15) is 22.3 Å². The summed E-state index contributed by atoms with van der Waals surface area (Å²) >= 11 is 0. The molecule has 0 aliphatic carbocycles. The Hall–Kier alpha value is -1.54. The molecule has 0 bridgehead atoms. The minimum Gasteiger partial charge on any atom is -0.443 e. The second kappa shape index (κ2) is 4.99. The fraction of sp³-hybridized carbons (Fsp3) is 0.250. The highest BCUT2D eigenvalue weighted by Crippen LogP contribution is 2.04. The molecule has 2 rings (SSSR count). The maximum absolute atomic E-state index is 10.5. The van der Waals surface area contributed by atoms with Crippen LogP contribution < -0.4 is 10.9 Å². The summed E-state index contributed by atoms with van der Waals surface area (Å²) in [5.41, 5.74) is 6.69. The van der Waals surface area contributed by atoms with E-state index in [1.807, 2.05) is 0 Å². The van der Waals surface area contributed by atoms with Gasteiger partial charge in [0.05, 0.1) is 0 Å². The van der Waals surface area contributed by atoms with E-state index in [1.165, 1.54) is 22.3 Å². The summed E-state index contributed by atoms with van der Waals surface area (Å²) in [4.78, 5) is 0. The van der Waals surface area contributed by atoms with Crippen LogP contribution in [0.4, 0.5) is 0 Å². The van der Waals surface area contributed by atoms with Gasteiger partial charge >= 0.3 is 6.92 Å². The fourth-order valence-corrected chi connectivity index (χ4v) is 2.53. The van der Waals surface area contributed by atoms with Gasteiger partial charge in [0.1, 0.15) is 0 Å². The molecule has 2 heteroatoms. The van der Waals surface area contributed by atoms with Gasteiger partial charge in [-0.1, -0.05) is 58.7 Å². The lowest BCUT2D eigenvalue weighted by molar-refractivity contribution is 0.600. The Morgan fingerprint density at radius 3 is 1.17 bits per heavy atom. The fourth-order valence-electron chi connectivity index (χ4n) is 2.53. The molecule has 0 atom stereocenters. The number of benzene rings is 2. The molecule has 92 valence electrons. The van der Waals surface area contributed by atoms with E-state index in [1.54, 1.807) is 0 Å². The van der Waals surface area contributed by atoms with Gasteiger partial charge in [0.15, 0.2) is 0 Å². The van der Waals surface area contributed by atoms with Crippen LogP contribution in [0.5, 0.6) is 0 Å². The maximum atomic E-state index is 10.5. The smallest absolute Gasteiger partial charge is 0.358 e. The Labute approximate surface area is 110 Å². The Kier molecular flexibility index (Phi) is 3.58. The quantitative estimate of drug-likeness (QED) is 0.793. The van der Waals surface area contributed by atoms with E-state index >= 15 is 0 Å². The topological polar surface area (TPSA) is 20.2 Å². The molecule has 0 aliphatic rings. The van der Waals surface area contributed by atoms with Crippen LogP contribution in [0.3, 0.4) is 0 Å². The summed E-state index contributed by atoms with van der Waals surface area (Å²) < 4.78 is 0. The summed E-state index contributed by atoms with van der Waals surface area (Å²) in [6, 6.07) is 12.4.